The van der Waals surface area contributed by atoms with E-state index in [4.69, 9.17) is 11.6 Å². The highest BCUT2D eigenvalue weighted by atomic mass is 35.5. The maximum atomic E-state index is 13.7. The Morgan fingerprint density at radius 2 is 1.43 bits per heavy atom. The SMILES string of the molecule is Cc1ccc([C@H](NC(=O)CN(c2ccc(C)c(C)c2)S(=O)(=O)c2ccc(Cl)cc2)c2ccccc2)cc1. The Bertz CT molecular complexity index is 1490. The van der Waals surface area contributed by atoms with Gasteiger partial charge in [0.25, 0.3) is 10.0 Å². The van der Waals surface area contributed by atoms with Crippen molar-refractivity contribution in [2.45, 2.75) is 31.7 Å². The van der Waals surface area contributed by atoms with Crippen LogP contribution in [0.4, 0.5) is 5.69 Å². The van der Waals surface area contributed by atoms with Gasteiger partial charge in [-0.2, -0.15) is 0 Å². The van der Waals surface area contributed by atoms with E-state index in [2.05, 4.69) is 5.32 Å². The summed E-state index contributed by atoms with van der Waals surface area (Å²) in [7, 11) is -4.05. The predicted molar refractivity (Wildman–Crippen MR) is 150 cm³/mol. The van der Waals surface area contributed by atoms with Gasteiger partial charge in [-0.3, -0.25) is 9.10 Å². The molecule has 0 aliphatic carbocycles. The van der Waals surface area contributed by atoms with E-state index < -0.39 is 22.0 Å². The molecule has 1 atom stereocenters. The van der Waals surface area contributed by atoms with Gasteiger partial charge >= 0.3 is 0 Å². The van der Waals surface area contributed by atoms with Crippen LogP contribution in [-0.4, -0.2) is 20.9 Å². The van der Waals surface area contributed by atoms with Crippen LogP contribution in [0, 0.1) is 20.8 Å². The highest BCUT2D eigenvalue weighted by Crippen LogP contribution is 2.27. The molecule has 0 heterocycles. The van der Waals surface area contributed by atoms with Gasteiger partial charge in [0.2, 0.25) is 5.91 Å². The third-order valence-corrected chi connectivity index (χ3v) is 8.36. The first-order valence-electron chi connectivity index (χ1n) is 11.9. The molecule has 0 radical (unpaired) electrons. The number of anilines is 1. The zero-order valence-electron chi connectivity index (χ0n) is 21.0. The van der Waals surface area contributed by atoms with Crippen molar-refractivity contribution in [2.24, 2.45) is 0 Å². The highest BCUT2D eigenvalue weighted by molar-refractivity contribution is 7.92. The quantitative estimate of drug-likeness (QED) is 0.287. The number of hydrogen-bond donors (Lipinski definition) is 1. The first-order chi connectivity index (χ1) is 17.6. The zero-order chi connectivity index (χ0) is 26.6. The zero-order valence-corrected chi connectivity index (χ0v) is 22.6. The van der Waals surface area contributed by atoms with Crippen LogP contribution < -0.4 is 9.62 Å². The fourth-order valence-electron chi connectivity index (χ4n) is 4.03. The summed E-state index contributed by atoms with van der Waals surface area (Å²) in [5.74, 6) is -0.426. The monoisotopic (exact) mass is 532 g/mol. The normalized spacial score (nSPS) is 12.1. The van der Waals surface area contributed by atoms with Crippen molar-refractivity contribution in [1.82, 2.24) is 5.32 Å². The van der Waals surface area contributed by atoms with E-state index in [0.717, 1.165) is 32.1 Å². The molecule has 4 aromatic carbocycles. The summed E-state index contributed by atoms with van der Waals surface area (Å²) < 4.78 is 28.6. The Balaban J connectivity index is 1.70. The molecule has 0 fully saturated rings. The first-order valence-corrected chi connectivity index (χ1v) is 13.7. The van der Waals surface area contributed by atoms with Crippen LogP contribution in [0.25, 0.3) is 0 Å². The molecule has 1 N–H and O–H groups in total. The fourth-order valence-corrected chi connectivity index (χ4v) is 5.57. The molecule has 4 aromatic rings. The second-order valence-electron chi connectivity index (χ2n) is 9.06. The van der Waals surface area contributed by atoms with Crippen molar-refractivity contribution >= 4 is 33.2 Å². The number of nitrogens with one attached hydrogen (secondary N) is 1. The molecular formula is C30H29ClN2O3S. The molecule has 0 saturated carbocycles. The minimum absolute atomic E-state index is 0.0565. The molecule has 0 bridgehead atoms. The standard InChI is InChI=1S/C30H29ClN2O3S/c1-21-9-12-25(13-10-21)30(24-7-5-4-6-8-24)32-29(34)20-33(27-16-11-22(2)23(3)19-27)37(35,36)28-17-14-26(31)15-18-28/h4-19,30H,20H2,1-3H3,(H,32,34)/t30-/m1/s1. The molecule has 1 amide bonds. The van der Waals surface area contributed by atoms with E-state index >= 15 is 0 Å². The lowest BCUT2D eigenvalue weighted by Gasteiger charge is -2.27. The van der Waals surface area contributed by atoms with Gasteiger partial charge in [-0.05, 0) is 79.4 Å². The molecule has 37 heavy (non-hydrogen) atoms. The van der Waals surface area contributed by atoms with Gasteiger partial charge in [-0.15, -0.1) is 0 Å². The van der Waals surface area contributed by atoms with Crippen molar-refractivity contribution in [3.8, 4) is 0 Å². The van der Waals surface area contributed by atoms with Crippen molar-refractivity contribution in [2.75, 3.05) is 10.8 Å². The van der Waals surface area contributed by atoms with Gasteiger partial charge in [-0.1, -0.05) is 77.8 Å². The topological polar surface area (TPSA) is 66.5 Å². The van der Waals surface area contributed by atoms with Crippen LogP contribution in [0.2, 0.25) is 5.02 Å². The number of amides is 1. The van der Waals surface area contributed by atoms with Crippen LogP contribution >= 0.6 is 11.6 Å². The minimum atomic E-state index is -4.05. The van der Waals surface area contributed by atoms with Gasteiger partial charge in [0.05, 0.1) is 16.6 Å². The highest BCUT2D eigenvalue weighted by Gasteiger charge is 2.28. The van der Waals surface area contributed by atoms with Crippen LogP contribution in [0.15, 0.2) is 102 Å². The lowest BCUT2D eigenvalue weighted by atomic mass is 9.98. The number of carbonyl (C=O) groups excluding carboxylic acids is 1. The largest absolute Gasteiger partial charge is 0.344 e. The molecule has 190 valence electrons. The maximum Gasteiger partial charge on any atom is 0.264 e. The van der Waals surface area contributed by atoms with Crippen molar-refractivity contribution in [3.63, 3.8) is 0 Å². The van der Waals surface area contributed by atoms with Gasteiger partial charge in [0, 0.05) is 5.02 Å². The van der Waals surface area contributed by atoms with E-state index in [1.54, 1.807) is 12.1 Å². The smallest absolute Gasteiger partial charge is 0.264 e. The van der Waals surface area contributed by atoms with E-state index in [1.807, 2.05) is 81.4 Å². The van der Waals surface area contributed by atoms with E-state index in [-0.39, 0.29) is 11.4 Å². The summed E-state index contributed by atoms with van der Waals surface area (Å²) in [6.45, 7) is 5.48. The van der Waals surface area contributed by atoms with Crippen LogP contribution in [-0.2, 0) is 14.8 Å². The molecule has 0 aromatic heterocycles. The van der Waals surface area contributed by atoms with Crippen LogP contribution in [0.1, 0.15) is 33.9 Å². The fraction of sp³-hybridized carbons (Fsp3) is 0.167. The Hall–Kier alpha value is -3.61. The summed E-state index contributed by atoms with van der Waals surface area (Å²) >= 11 is 5.99. The molecule has 0 unspecified atom stereocenters. The lowest BCUT2D eigenvalue weighted by molar-refractivity contribution is -0.120. The number of rotatable bonds is 8. The number of aryl methyl sites for hydroxylation is 3. The third kappa shape index (κ3) is 6.21. The number of halogens is 1. The molecule has 5 nitrogen and oxygen atoms in total. The number of nitrogens with zero attached hydrogens (tertiary/aromatic N) is 1. The molecule has 0 aliphatic heterocycles. The summed E-state index contributed by atoms with van der Waals surface area (Å²) in [6, 6.07) is 28.4. The number of sulfonamides is 1. The van der Waals surface area contributed by atoms with Gasteiger partial charge < -0.3 is 5.32 Å². The maximum absolute atomic E-state index is 13.7. The van der Waals surface area contributed by atoms with Gasteiger partial charge in [0.1, 0.15) is 6.54 Å². The Morgan fingerprint density at radius 1 is 0.811 bits per heavy atom. The van der Waals surface area contributed by atoms with E-state index in [9.17, 15) is 13.2 Å². The number of carbonyl (C=O) groups is 1. The van der Waals surface area contributed by atoms with E-state index in [0.29, 0.717) is 10.7 Å². The predicted octanol–water partition coefficient (Wildman–Crippen LogP) is 6.37. The molecule has 7 heteroatoms. The Morgan fingerprint density at radius 3 is 2.05 bits per heavy atom. The summed E-state index contributed by atoms with van der Waals surface area (Å²) in [5.41, 5.74) is 5.29. The third-order valence-electron chi connectivity index (χ3n) is 6.32. The number of benzene rings is 4. The Kier molecular flexibility index (Phi) is 8.00. The second kappa shape index (κ2) is 11.2. The second-order valence-corrected chi connectivity index (χ2v) is 11.4. The van der Waals surface area contributed by atoms with Gasteiger partial charge in [-0.25, -0.2) is 8.42 Å². The van der Waals surface area contributed by atoms with Crippen molar-refractivity contribution < 1.29 is 13.2 Å². The molecule has 0 spiro atoms. The summed E-state index contributed by atoms with van der Waals surface area (Å²) in [4.78, 5) is 13.6. The first kappa shape index (κ1) is 26.5. The number of hydrogen-bond acceptors (Lipinski definition) is 3. The Labute approximate surface area is 223 Å². The minimum Gasteiger partial charge on any atom is -0.344 e. The molecule has 0 saturated heterocycles. The average molecular weight is 533 g/mol. The molecule has 4 rings (SSSR count). The molecule has 0 aliphatic rings. The van der Waals surface area contributed by atoms with Crippen LogP contribution in [0.3, 0.4) is 0 Å². The summed E-state index contributed by atoms with van der Waals surface area (Å²) in [5, 5.41) is 3.49. The van der Waals surface area contributed by atoms with Crippen molar-refractivity contribution in [3.05, 3.63) is 130 Å². The lowest BCUT2D eigenvalue weighted by Crippen LogP contribution is -2.42. The van der Waals surface area contributed by atoms with Crippen LogP contribution in [0.5, 0.6) is 0 Å². The average Bonchev–Trinajstić information content (AvgIpc) is 2.89. The molecular weight excluding hydrogens is 504 g/mol. The van der Waals surface area contributed by atoms with Crippen molar-refractivity contribution in [1.29, 1.82) is 0 Å². The van der Waals surface area contributed by atoms with Gasteiger partial charge in [0.15, 0.2) is 0 Å². The van der Waals surface area contributed by atoms with E-state index in [1.165, 1.54) is 24.3 Å². The summed E-state index contributed by atoms with van der Waals surface area (Å²) in [6.07, 6.45) is 0.